The van der Waals surface area contributed by atoms with Crippen LogP contribution in [-0.2, 0) is 17.9 Å². The maximum Gasteiger partial charge on any atom is 0.322 e. The first-order chi connectivity index (χ1) is 29.9. The second-order valence-electron chi connectivity index (χ2n) is 15.5. The summed E-state index contributed by atoms with van der Waals surface area (Å²) in [5.41, 5.74) is 2.66. The summed E-state index contributed by atoms with van der Waals surface area (Å²) in [5.74, 6) is -2.17. The van der Waals surface area contributed by atoms with Crippen LogP contribution in [0.4, 0.5) is 0 Å². The van der Waals surface area contributed by atoms with Crippen LogP contribution in [0.3, 0.4) is 0 Å². The van der Waals surface area contributed by atoms with Crippen LogP contribution in [0.5, 0.6) is 5.75 Å². The molecule has 332 valence electrons. The number of carbonyl (C=O) groups is 2. The zero-order valence-electron chi connectivity index (χ0n) is 35.7. The Morgan fingerprint density at radius 3 is 1.64 bits per heavy atom. The van der Waals surface area contributed by atoms with Crippen LogP contribution in [0.1, 0.15) is 47.3 Å². The summed E-state index contributed by atoms with van der Waals surface area (Å²) in [6, 6.07) is 24.7. The first-order valence-electron chi connectivity index (χ1n) is 22.1. The number of carbonyl (C=O) groups excluding carboxylic acids is 1. The molecule has 0 aliphatic carbocycles. The van der Waals surface area contributed by atoms with E-state index in [4.69, 9.17) is 5.11 Å². The quantitative estimate of drug-likeness (QED) is 0.120. The Labute approximate surface area is 366 Å². The van der Waals surface area contributed by atoms with Crippen LogP contribution in [0.25, 0.3) is 10.8 Å². The lowest BCUT2D eigenvalue weighted by atomic mass is 10.1. The fourth-order valence-electron chi connectivity index (χ4n) is 7.20. The van der Waals surface area contributed by atoms with Gasteiger partial charge >= 0.3 is 5.97 Å². The zero-order valence-corrected chi connectivity index (χ0v) is 36.5. The molecule has 6 rings (SSSR count). The van der Waals surface area contributed by atoms with Gasteiger partial charge in [0.05, 0.1) is 0 Å². The predicted molar refractivity (Wildman–Crippen MR) is 247 cm³/mol. The second kappa shape index (κ2) is 28.4. The average molecular weight is 857 g/mol. The third-order valence-corrected chi connectivity index (χ3v) is 11.5. The van der Waals surface area contributed by atoms with Crippen molar-refractivity contribution in [3.8, 4) is 5.75 Å². The van der Waals surface area contributed by atoms with E-state index in [0.717, 1.165) is 128 Å². The van der Waals surface area contributed by atoms with Gasteiger partial charge in [0.15, 0.2) is 11.4 Å². The van der Waals surface area contributed by atoms with Crippen LogP contribution in [0.15, 0.2) is 88.8 Å². The molecule has 2 fully saturated rings. The number of rotatable bonds is 9. The van der Waals surface area contributed by atoms with Gasteiger partial charge in [-0.2, -0.15) is 0 Å². The van der Waals surface area contributed by atoms with Gasteiger partial charge in [0.1, 0.15) is 6.54 Å². The summed E-state index contributed by atoms with van der Waals surface area (Å²) < 4.78 is 0. The lowest BCUT2D eigenvalue weighted by molar-refractivity contribution is -0.135. The second-order valence-corrected chi connectivity index (χ2v) is 16.6. The molecular formula is C46H68N10O4S. The number of amides is 1. The zero-order chi connectivity index (χ0) is 42.7. The van der Waals surface area contributed by atoms with E-state index >= 15 is 0 Å². The van der Waals surface area contributed by atoms with E-state index in [1.54, 1.807) is 17.8 Å². The minimum Gasteiger partial charge on any atom is -0.505 e. The van der Waals surface area contributed by atoms with Gasteiger partial charge in [-0.25, -0.2) is 4.98 Å². The van der Waals surface area contributed by atoms with Crippen LogP contribution in [0.2, 0.25) is 0 Å². The third kappa shape index (κ3) is 18.8. The highest BCUT2D eigenvalue weighted by Gasteiger charge is 2.17. The van der Waals surface area contributed by atoms with Gasteiger partial charge in [0.25, 0.3) is 5.91 Å². The molecular weight excluding hydrogens is 789 g/mol. The number of benzene rings is 3. The number of nitrogens with one attached hydrogen (secondary N) is 7. The number of aliphatic carboxylic acids is 1. The maximum absolute atomic E-state index is 11.9. The normalized spacial score (nSPS) is 17.8. The molecule has 2 aliphatic rings. The molecule has 3 aromatic carbocycles. The fraction of sp³-hybridized carbons (Fsp3) is 0.500. The molecule has 3 heterocycles. The van der Waals surface area contributed by atoms with Crippen LogP contribution >= 0.6 is 11.8 Å². The van der Waals surface area contributed by atoms with E-state index in [1.165, 1.54) is 43.0 Å². The Morgan fingerprint density at radius 1 is 0.607 bits per heavy atom. The number of carboxylic acids is 1. The minimum absolute atomic E-state index is 0.197. The first kappa shape index (κ1) is 47.9. The lowest BCUT2D eigenvalue weighted by Crippen LogP contribution is -2.36. The molecule has 4 aromatic rings. The Kier molecular flexibility index (Phi) is 22.3. The van der Waals surface area contributed by atoms with E-state index < -0.39 is 18.4 Å². The number of nitrogens with zero attached hydrogens (tertiary/aromatic N) is 3. The standard InChI is InChI=1S/C28H54N8.C18H14N2O4S/c1-9-29-15-17-31-13-3-21-35(23-19-33-11-1)25-27-5-7-28(8-6-27)26-36-22-4-14-32-18-16-30-10-2-12-34-20-24-36;21-15(22)10-20-18(24)16-17(23)14-7-6-13(8-11(14)9-19-16)25-12-4-2-1-3-5-12/h5-8,29-34H,1-4,9-26H2;1-9,23H,10H2,(H,20,24)(H,21,22). The van der Waals surface area contributed by atoms with Crippen molar-refractivity contribution in [1.29, 1.82) is 0 Å². The predicted octanol–water partition coefficient (Wildman–Crippen LogP) is 3.32. The number of pyridine rings is 1. The molecule has 1 aromatic heterocycles. The Morgan fingerprint density at radius 2 is 1.11 bits per heavy atom. The summed E-state index contributed by atoms with van der Waals surface area (Å²) in [7, 11) is 0. The molecule has 0 saturated carbocycles. The van der Waals surface area contributed by atoms with Crippen molar-refractivity contribution >= 4 is 34.4 Å². The maximum atomic E-state index is 11.9. The minimum atomic E-state index is -1.17. The molecule has 15 heteroatoms. The first-order valence-corrected chi connectivity index (χ1v) is 22.9. The van der Waals surface area contributed by atoms with E-state index in [0.29, 0.717) is 10.8 Å². The highest BCUT2D eigenvalue weighted by atomic mass is 32.2. The molecule has 0 bridgehead atoms. The Hall–Kier alpha value is -4.16. The third-order valence-electron chi connectivity index (χ3n) is 10.5. The molecule has 0 unspecified atom stereocenters. The molecule has 1 amide bonds. The molecule has 2 saturated heterocycles. The van der Waals surface area contributed by atoms with Crippen molar-refractivity contribution in [2.24, 2.45) is 0 Å². The molecule has 14 nitrogen and oxygen atoms in total. The number of hydrogen-bond donors (Lipinski definition) is 9. The van der Waals surface area contributed by atoms with Crippen molar-refractivity contribution in [2.45, 2.75) is 48.6 Å². The fourth-order valence-corrected chi connectivity index (χ4v) is 8.08. The van der Waals surface area contributed by atoms with Crippen LogP contribution < -0.4 is 37.2 Å². The topological polar surface area (TPSA) is 178 Å². The van der Waals surface area contributed by atoms with E-state index in [2.05, 4.69) is 76.3 Å². The molecule has 0 radical (unpaired) electrons. The van der Waals surface area contributed by atoms with Gasteiger partial charge in [0.2, 0.25) is 0 Å². The van der Waals surface area contributed by atoms with Crippen LogP contribution in [0, 0.1) is 0 Å². The monoisotopic (exact) mass is 857 g/mol. The van der Waals surface area contributed by atoms with Crippen molar-refractivity contribution in [1.82, 2.24) is 52.0 Å². The summed E-state index contributed by atoms with van der Waals surface area (Å²) in [6.45, 7) is 19.1. The summed E-state index contributed by atoms with van der Waals surface area (Å²) in [5, 5.41) is 43.7. The van der Waals surface area contributed by atoms with E-state index in [1.807, 2.05) is 42.5 Å². The smallest absolute Gasteiger partial charge is 0.322 e. The Balaban J connectivity index is 0.000000246. The number of aromatic nitrogens is 1. The number of hydrogen-bond acceptors (Lipinski definition) is 13. The van der Waals surface area contributed by atoms with E-state index in [9.17, 15) is 14.7 Å². The molecule has 0 spiro atoms. The van der Waals surface area contributed by atoms with Gasteiger partial charge < -0.3 is 47.4 Å². The largest absolute Gasteiger partial charge is 0.505 e. The van der Waals surface area contributed by atoms with Gasteiger partial charge in [-0.15, -0.1) is 0 Å². The van der Waals surface area contributed by atoms with Gasteiger partial charge in [-0.3, -0.25) is 19.4 Å². The molecule has 0 atom stereocenters. The van der Waals surface area contributed by atoms with Crippen molar-refractivity contribution in [3.05, 3.63) is 95.8 Å². The van der Waals surface area contributed by atoms with Gasteiger partial charge in [0, 0.05) is 92.2 Å². The molecule has 61 heavy (non-hydrogen) atoms. The summed E-state index contributed by atoms with van der Waals surface area (Å²) >= 11 is 1.58. The summed E-state index contributed by atoms with van der Waals surface area (Å²) in [4.78, 5) is 33.7. The highest BCUT2D eigenvalue weighted by molar-refractivity contribution is 7.99. The Bertz CT molecular complexity index is 1770. The van der Waals surface area contributed by atoms with Gasteiger partial charge in [-0.1, -0.05) is 54.2 Å². The molecule has 2 aliphatic heterocycles. The van der Waals surface area contributed by atoms with Crippen molar-refractivity contribution in [3.63, 3.8) is 0 Å². The van der Waals surface area contributed by atoms with E-state index in [-0.39, 0.29) is 11.4 Å². The highest BCUT2D eigenvalue weighted by Crippen LogP contribution is 2.33. The summed E-state index contributed by atoms with van der Waals surface area (Å²) in [6.07, 6.45) is 6.28. The van der Waals surface area contributed by atoms with Gasteiger partial charge in [-0.05, 0) is 120 Å². The SMILES string of the molecule is O=C(O)CNC(=O)c1ncc2cc(Sc3ccccc3)ccc2c1O.c1cc(CN2CCCNCCNCCCNCC2)ccc1CN1CCCNCCNCCCNCC1. The lowest BCUT2D eigenvalue weighted by Gasteiger charge is -2.24. The van der Waals surface area contributed by atoms with Crippen molar-refractivity contribution < 1.29 is 19.8 Å². The average Bonchev–Trinajstić information content (AvgIpc) is 3.26. The number of carboxylic acid groups (broad SMARTS) is 1. The number of aromatic hydroxyl groups is 1. The van der Waals surface area contributed by atoms with Crippen LogP contribution in [-0.4, -0.2) is 148 Å². The van der Waals surface area contributed by atoms with Crippen molar-refractivity contribution in [2.75, 3.05) is 111 Å². The molecule has 9 N–H and O–H groups in total. The number of fused-ring (bicyclic) bond motifs is 1.